The molecule has 1 aromatic heterocycles. The van der Waals surface area contributed by atoms with Crippen LogP contribution in [0.15, 0.2) is 45.9 Å². The number of aromatic nitrogens is 1. The van der Waals surface area contributed by atoms with Gasteiger partial charge in [0.15, 0.2) is 9.84 Å². The third kappa shape index (κ3) is 3.81. The van der Waals surface area contributed by atoms with E-state index in [1.54, 1.807) is 12.1 Å². The van der Waals surface area contributed by atoms with Crippen LogP contribution in [0.2, 0.25) is 5.15 Å². The Kier molecular flexibility index (Phi) is 4.65. The molecule has 0 bridgehead atoms. The molecule has 8 heteroatoms. The van der Waals surface area contributed by atoms with Crippen LogP contribution < -0.4 is 5.32 Å². The number of benzene rings is 1. The topological polar surface area (TPSA) is 76.1 Å². The van der Waals surface area contributed by atoms with Crippen LogP contribution in [0.5, 0.6) is 0 Å². The molecule has 1 heterocycles. The molecule has 0 aliphatic heterocycles. The van der Waals surface area contributed by atoms with Crippen LogP contribution in [-0.4, -0.2) is 25.6 Å². The number of para-hydroxylation sites is 1. The summed E-state index contributed by atoms with van der Waals surface area (Å²) in [4.78, 5) is 16.1. The molecule has 1 aromatic carbocycles. The average Bonchev–Trinajstić information content (AvgIpc) is 2.41. The lowest BCUT2D eigenvalue weighted by Crippen LogP contribution is -2.15. The maximum atomic E-state index is 12.2. The molecular weight excluding hydrogens is 380 g/mol. The standard InChI is InChI=1S/C13H10BrClN2O3S/c1-21(19,20)11-5-3-2-4-10(11)17-13(18)9-6-8(14)7-16-12(9)15/h2-7H,1H3,(H,17,18). The van der Waals surface area contributed by atoms with E-state index >= 15 is 0 Å². The summed E-state index contributed by atoms with van der Waals surface area (Å²) < 4.78 is 24.0. The van der Waals surface area contributed by atoms with Crippen LogP contribution in [-0.2, 0) is 9.84 Å². The SMILES string of the molecule is CS(=O)(=O)c1ccccc1NC(=O)c1cc(Br)cnc1Cl. The Hall–Kier alpha value is -1.44. The highest BCUT2D eigenvalue weighted by atomic mass is 79.9. The van der Waals surface area contributed by atoms with Crippen molar-refractivity contribution in [3.8, 4) is 0 Å². The zero-order valence-corrected chi connectivity index (χ0v) is 14.0. The molecule has 0 saturated carbocycles. The smallest absolute Gasteiger partial charge is 0.258 e. The Bertz CT molecular complexity index is 809. The highest BCUT2D eigenvalue weighted by Crippen LogP contribution is 2.23. The quantitative estimate of drug-likeness (QED) is 0.818. The molecule has 0 spiro atoms. The second-order valence-corrected chi connectivity index (χ2v) is 7.47. The van der Waals surface area contributed by atoms with Gasteiger partial charge in [0, 0.05) is 16.9 Å². The molecule has 1 amide bonds. The van der Waals surface area contributed by atoms with Gasteiger partial charge in [0.1, 0.15) is 5.15 Å². The number of carbonyl (C=O) groups excluding carboxylic acids is 1. The van der Waals surface area contributed by atoms with Crippen molar-refractivity contribution in [3.05, 3.63) is 51.7 Å². The third-order valence-electron chi connectivity index (χ3n) is 2.59. The predicted octanol–water partition coefficient (Wildman–Crippen LogP) is 3.15. The van der Waals surface area contributed by atoms with Gasteiger partial charge in [0.25, 0.3) is 5.91 Å². The Morgan fingerprint density at radius 1 is 1.33 bits per heavy atom. The minimum atomic E-state index is -3.45. The van der Waals surface area contributed by atoms with Crippen LogP contribution in [0, 0.1) is 0 Å². The summed E-state index contributed by atoms with van der Waals surface area (Å²) in [5.74, 6) is -0.537. The number of nitrogens with one attached hydrogen (secondary N) is 1. The molecule has 0 unspecified atom stereocenters. The van der Waals surface area contributed by atoms with E-state index in [2.05, 4.69) is 26.2 Å². The van der Waals surface area contributed by atoms with Crippen molar-refractivity contribution in [1.29, 1.82) is 0 Å². The highest BCUT2D eigenvalue weighted by molar-refractivity contribution is 9.10. The van der Waals surface area contributed by atoms with E-state index in [1.165, 1.54) is 24.4 Å². The number of carbonyl (C=O) groups is 1. The first-order valence-electron chi connectivity index (χ1n) is 5.70. The highest BCUT2D eigenvalue weighted by Gasteiger charge is 2.17. The van der Waals surface area contributed by atoms with E-state index in [0.717, 1.165) is 6.26 Å². The van der Waals surface area contributed by atoms with E-state index in [9.17, 15) is 13.2 Å². The Balaban J connectivity index is 2.39. The molecule has 2 rings (SSSR count). The van der Waals surface area contributed by atoms with E-state index in [-0.39, 0.29) is 21.3 Å². The van der Waals surface area contributed by atoms with Gasteiger partial charge >= 0.3 is 0 Å². The minimum Gasteiger partial charge on any atom is -0.321 e. The van der Waals surface area contributed by atoms with Gasteiger partial charge in [0.05, 0.1) is 16.1 Å². The second-order valence-electron chi connectivity index (χ2n) is 4.21. The van der Waals surface area contributed by atoms with Crippen molar-refractivity contribution in [2.75, 3.05) is 11.6 Å². The van der Waals surface area contributed by atoms with Crippen molar-refractivity contribution in [2.24, 2.45) is 0 Å². The van der Waals surface area contributed by atoms with Crippen LogP contribution >= 0.6 is 27.5 Å². The second kappa shape index (κ2) is 6.13. The molecule has 5 nitrogen and oxygen atoms in total. The minimum absolute atomic E-state index is 0.0348. The molecule has 0 fully saturated rings. The number of sulfone groups is 1. The molecule has 110 valence electrons. The number of anilines is 1. The molecular formula is C13H10BrClN2O3S. The van der Waals surface area contributed by atoms with Gasteiger partial charge < -0.3 is 5.32 Å². The number of halogens is 2. The van der Waals surface area contributed by atoms with Crippen molar-refractivity contribution in [1.82, 2.24) is 4.98 Å². The van der Waals surface area contributed by atoms with E-state index < -0.39 is 15.7 Å². The van der Waals surface area contributed by atoms with Gasteiger partial charge in [-0.05, 0) is 34.1 Å². The first-order valence-corrected chi connectivity index (χ1v) is 8.77. The zero-order valence-electron chi connectivity index (χ0n) is 10.8. The van der Waals surface area contributed by atoms with Crippen molar-refractivity contribution < 1.29 is 13.2 Å². The molecule has 0 aliphatic carbocycles. The van der Waals surface area contributed by atoms with Gasteiger partial charge in [-0.25, -0.2) is 13.4 Å². The molecule has 1 N–H and O–H groups in total. The van der Waals surface area contributed by atoms with Crippen molar-refractivity contribution in [3.63, 3.8) is 0 Å². The van der Waals surface area contributed by atoms with Gasteiger partial charge in [-0.15, -0.1) is 0 Å². The lowest BCUT2D eigenvalue weighted by Gasteiger charge is -2.10. The number of nitrogens with zero attached hydrogens (tertiary/aromatic N) is 1. The third-order valence-corrected chi connectivity index (χ3v) is 4.47. The summed E-state index contributed by atoms with van der Waals surface area (Å²) in [6, 6.07) is 7.65. The fraction of sp³-hybridized carbons (Fsp3) is 0.0769. The molecule has 0 atom stereocenters. The fourth-order valence-corrected chi connectivity index (χ4v) is 3.03. The molecule has 21 heavy (non-hydrogen) atoms. The molecule has 0 radical (unpaired) electrons. The van der Waals surface area contributed by atoms with Gasteiger partial charge in [0.2, 0.25) is 0 Å². The van der Waals surface area contributed by atoms with E-state index in [0.29, 0.717) is 4.47 Å². The van der Waals surface area contributed by atoms with Crippen molar-refractivity contribution in [2.45, 2.75) is 4.90 Å². The predicted molar refractivity (Wildman–Crippen MR) is 84.5 cm³/mol. The lowest BCUT2D eigenvalue weighted by molar-refractivity contribution is 0.102. The summed E-state index contributed by atoms with van der Waals surface area (Å²) in [7, 11) is -3.45. The number of hydrogen-bond acceptors (Lipinski definition) is 4. The van der Waals surface area contributed by atoms with Crippen LogP contribution in [0.1, 0.15) is 10.4 Å². The summed E-state index contributed by atoms with van der Waals surface area (Å²) in [6.45, 7) is 0. The maximum Gasteiger partial charge on any atom is 0.258 e. The molecule has 2 aromatic rings. The Labute approximate surface area is 135 Å². The van der Waals surface area contributed by atoms with Crippen LogP contribution in [0.3, 0.4) is 0 Å². The molecule has 0 saturated heterocycles. The zero-order chi connectivity index (χ0) is 15.6. The first-order chi connectivity index (χ1) is 9.79. The van der Waals surface area contributed by atoms with Gasteiger partial charge in [-0.1, -0.05) is 23.7 Å². The van der Waals surface area contributed by atoms with Crippen LogP contribution in [0.25, 0.3) is 0 Å². The Morgan fingerprint density at radius 3 is 2.67 bits per heavy atom. The monoisotopic (exact) mass is 388 g/mol. The average molecular weight is 390 g/mol. The van der Waals surface area contributed by atoms with Crippen molar-refractivity contribution >= 4 is 49.0 Å². The largest absolute Gasteiger partial charge is 0.321 e. The number of pyridine rings is 1. The van der Waals surface area contributed by atoms with Gasteiger partial charge in [-0.3, -0.25) is 4.79 Å². The maximum absolute atomic E-state index is 12.2. The summed E-state index contributed by atoms with van der Waals surface area (Å²) in [5, 5.41) is 2.57. The van der Waals surface area contributed by atoms with E-state index in [4.69, 9.17) is 11.6 Å². The van der Waals surface area contributed by atoms with E-state index in [1.807, 2.05) is 0 Å². The summed E-state index contributed by atoms with van der Waals surface area (Å²) in [5.41, 5.74) is 0.343. The number of hydrogen-bond donors (Lipinski definition) is 1. The Morgan fingerprint density at radius 2 is 2.00 bits per heavy atom. The lowest BCUT2D eigenvalue weighted by atomic mass is 10.2. The molecule has 0 aliphatic rings. The summed E-state index contributed by atoms with van der Waals surface area (Å²) in [6.07, 6.45) is 2.54. The van der Waals surface area contributed by atoms with Crippen LogP contribution in [0.4, 0.5) is 5.69 Å². The first kappa shape index (κ1) is 15.9. The number of rotatable bonds is 3. The fourth-order valence-electron chi connectivity index (χ4n) is 1.66. The number of amides is 1. The normalized spacial score (nSPS) is 11.2. The van der Waals surface area contributed by atoms with Gasteiger partial charge in [-0.2, -0.15) is 0 Å². The summed E-state index contributed by atoms with van der Waals surface area (Å²) >= 11 is 9.08.